The van der Waals surface area contributed by atoms with Gasteiger partial charge in [0.05, 0.1) is 18.8 Å². The fourth-order valence-corrected chi connectivity index (χ4v) is 2.87. The van der Waals surface area contributed by atoms with Gasteiger partial charge in [-0.1, -0.05) is 5.21 Å². The van der Waals surface area contributed by atoms with Gasteiger partial charge in [-0.25, -0.2) is 4.68 Å². The average molecular weight is 343 g/mol. The first-order valence-corrected chi connectivity index (χ1v) is 8.58. The Morgan fingerprint density at radius 2 is 2.16 bits per heavy atom. The number of H-pyrrole nitrogens is 1. The Labute approximate surface area is 144 Å². The molecule has 2 fully saturated rings. The Balaban J connectivity index is 1.31. The van der Waals surface area contributed by atoms with Crippen molar-refractivity contribution in [2.75, 3.05) is 19.7 Å². The van der Waals surface area contributed by atoms with Crippen molar-refractivity contribution in [2.24, 2.45) is 5.92 Å². The molecule has 1 saturated carbocycles. The number of pyridine rings is 1. The number of aromatic nitrogens is 4. The van der Waals surface area contributed by atoms with Crippen LogP contribution in [0.5, 0.6) is 0 Å². The molecule has 1 saturated heterocycles. The van der Waals surface area contributed by atoms with Crippen LogP contribution in [0.2, 0.25) is 0 Å². The van der Waals surface area contributed by atoms with Crippen molar-refractivity contribution in [3.63, 3.8) is 0 Å². The summed E-state index contributed by atoms with van der Waals surface area (Å²) in [5.41, 5.74) is 1.38. The fraction of sp³-hybridized carbons (Fsp3) is 0.529. The van der Waals surface area contributed by atoms with E-state index in [0.29, 0.717) is 19.7 Å². The second-order valence-electron chi connectivity index (χ2n) is 6.90. The maximum absolute atomic E-state index is 12.4. The highest BCUT2D eigenvalue weighted by Gasteiger charge is 2.34. The molecule has 8 heteroatoms. The summed E-state index contributed by atoms with van der Waals surface area (Å²) in [7, 11) is 0. The molecule has 2 aliphatic rings. The van der Waals surface area contributed by atoms with Crippen LogP contribution in [0.1, 0.15) is 40.6 Å². The molecule has 0 radical (unpaired) electrons. The Morgan fingerprint density at radius 1 is 1.36 bits per heavy atom. The molecule has 2 aromatic rings. The zero-order valence-electron chi connectivity index (χ0n) is 14.1. The Kier molecular flexibility index (Phi) is 4.12. The molecule has 8 nitrogen and oxygen atoms in total. The van der Waals surface area contributed by atoms with Gasteiger partial charge in [0.1, 0.15) is 11.3 Å². The lowest BCUT2D eigenvalue weighted by atomic mass is 10.1. The fourth-order valence-electron chi connectivity index (χ4n) is 2.87. The summed E-state index contributed by atoms with van der Waals surface area (Å²) in [6.07, 6.45) is 4.41. The van der Waals surface area contributed by atoms with E-state index in [1.807, 2.05) is 6.20 Å². The molecular formula is C17H21N5O3. The van der Waals surface area contributed by atoms with Crippen molar-refractivity contribution >= 4 is 5.91 Å². The second-order valence-corrected chi connectivity index (χ2v) is 6.90. The van der Waals surface area contributed by atoms with Gasteiger partial charge in [-0.15, -0.1) is 5.10 Å². The van der Waals surface area contributed by atoms with Crippen molar-refractivity contribution in [3.05, 3.63) is 45.6 Å². The van der Waals surface area contributed by atoms with E-state index in [4.69, 9.17) is 4.74 Å². The van der Waals surface area contributed by atoms with Gasteiger partial charge in [0.2, 0.25) is 0 Å². The smallest absolute Gasteiger partial charge is 0.260 e. The molecule has 3 heterocycles. The maximum Gasteiger partial charge on any atom is 0.260 e. The van der Waals surface area contributed by atoms with Crippen LogP contribution in [0.3, 0.4) is 0 Å². The molecule has 1 amide bonds. The SMILES string of the molecule is Cc1ccc(C(=O)N2CC(n3cc(COCC4CC4)nn3)C2)c(=O)[nH]1. The zero-order chi connectivity index (χ0) is 17.4. The topological polar surface area (TPSA) is 93.1 Å². The van der Waals surface area contributed by atoms with Gasteiger partial charge < -0.3 is 14.6 Å². The summed E-state index contributed by atoms with van der Waals surface area (Å²) >= 11 is 0. The van der Waals surface area contributed by atoms with Crippen LogP contribution in [0.4, 0.5) is 0 Å². The minimum Gasteiger partial charge on any atom is -0.375 e. The lowest BCUT2D eigenvalue weighted by Gasteiger charge is -2.38. The number of aromatic amines is 1. The van der Waals surface area contributed by atoms with Gasteiger partial charge in [0.15, 0.2) is 0 Å². The average Bonchev–Trinajstić information content (AvgIpc) is 3.24. The molecule has 4 rings (SSSR count). The van der Waals surface area contributed by atoms with Crippen LogP contribution < -0.4 is 5.56 Å². The summed E-state index contributed by atoms with van der Waals surface area (Å²) in [6.45, 7) is 4.11. The minimum atomic E-state index is -0.343. The first-order chi connectivity index (χ1) is 12.1. The van der Waals surface area contributed by atoms with Crippen LogP contribution in [0, 0.1) is 12.8 Å². The first-order valence-electron chi connectivity index (χ1n) is 8.58. The number of rotatable bonds is 6. The van der Waals surface area contributed by atoms with E-state index in [-0.39, 0.29) is 23.1 Å². The third-order valence-electron chi connectivity index (χ3n) is 4.67. The number of aryl methyl sites for hydroxylation is 1. The van der Waals surface area contributed by atoms with Crippen molar-refractivity contribution < 1.29 is 9.53 Å². The number of nitrogens with zero attached hydrogens (tertiary/aromatic N) is 4. The molecular weight excluding hydrogens is 322 g/mol. The molecule has 25 heavy (non-hydrogen) atoms. The van der Waals surface area contributed by atoms with Crippen LogP contribution >= 0.6 is 0 Å². The largest absolute Gasteiger partial charge is 0.375 e. The minimum absolute atomic E-state index is 0.0955. The number of likely N-dealkylation sites (tertiary alicyclic amines) is 1. The highest BCUT2D eigenvalue weighted by Crippen LogP contribution is 2.29. The molecule has 2 aromatic heterocycles. The summed E-state index contributed by atoms with van der Waals surface area (Å²) in [4.78, 5) is 28.6. The van der Waals surface area contributed by atoms with Crippen molar-refractivity contribution in [1.29, 1.82) is 0 Å². The molecule has 1 aliphatic heterocycles. The number of carbonyl (C=O) groups excluding carboxylic acids is 1. The molecule has 0 aromatic carbocycles. The summed E-state index contributed by atoms with van der Waals surface area (Å²) in [5.74, 6) is 0.483. The number of hydrogen-bond acceptors (Lipinski definition) is 5. The molecule has 0 unspecified atom stereocenters. The lowest BCUT2D eigenvalue weighted by Crippen LogP contribution is -2.51. The number of amides is 1. The molecule has 0 spiro atoms. The van der Waals surface area contributed by atoms with Gasteiger partial charge in [0, 0.05) is 25.4 Å². The van der Waals surface area contributed by atoms with Crippen LogP contribution in [0.25, 0.3) is 0 Å². The number of nitrogens with one attached hydrogen (secondary N) is 1. The molecule has 1 aliphatic carbocycles. The lowest BCUT2D eigenvalue weighted by molar-refractivity contribution is 0.0496. The third-order valence-corrected chi connectivity index (χ3v) is 4.67. The van der Waals surface area contributed by atoms with Crippen molar-refractivity contribution in [1.82, 2.24) is 24.9 Å². The zero-order valence-corrected chi connectivity index (χ0v) is 14.1. The molecule has 0 bridgehead atoms. The van der Waals surface area contributed by atoms with Crippen molar-refractivity contribution in [3.8, 4) is 0 Å². The predicted octanol–water partition coefficient (Wildman–Crippen LogP) is 0.899. The van der Waals surface area contributed by atoms with Gasteiger partial charge in [0.25, 0.3) is 11.5 Å². The van der Waals surface area contributed by atoms with E-state index in [2.05, 4.69) is 15.3 Å². The number of carbonyl (C=O) groups is 1. The summed E-state index contributed by atoms with van der Waals surface area (Å²) in [5, 5.41) is 8.25. The number of ether oxygens (including phenoxy) is 1. The molecule has 1 N–H and O–H groups in total. The third kappa shape index (κ3) is 3.48. The second kappa shape index (κ2) is 6.44. The highest BCUT2D eigenvalue weighted by atomic mass is 16.5. The quantitative estimate of drug-likeness (QED) is 0.841. The Bertz CT molecular complexity index is 833. The standard InChI is InChI=1S/C17H21N5O3/c1-11-2-5-15(16(23)18-11)17(24)21-7-14(8-21)22-6-13(19-20-22)10-25-9-12-3-4-12/h2,5-6,12,14H,3-4,7-10H2,1H3,(H,18,23). The summed E-state index contributed by atoms with van der Waals surface area (Å²) < 4.78 is 7.39. The first kappa shape index (κ1) is 16.0. The highest BCUT2D eigenvalue weighted by molar-refractivity contribution is 5.94. The van der Waals surface area contributed by atoms with Crippen LogP contribution in [-0.4, -0.2) is 50.5 Å². The van der Waals surface area contributed by atoms with E-state index in [1.54, 1.807) is 28.6 Å². The van der Waals surface area contributed by atoms with E-state index in [9.17, 15) is 9.59 Å². The number of hydrogen-bond donors (Lipinski definition) is 1. The Hall–Kier alpha value is -2.48. The Morgan fingerprint density at radius 3 is 2.88 bits per heavy atom. The van der Waals surface area contributed by atoms with Crippen LogP contribution in [-0.2, 0) is 11.3 Å². The molecule has 132 valence electrons. The van der Waals surface area contributed by atoms with Gasteiger partial charge in [-0.3, -0.25) is 9.59 Å². The molecule has 0 atom stereocenters. The van der Waals surface area contributed by atoms with E-state index in [0.717, 1.165) is 23.9 Å². The van der Waals surface area contributed by atoms with Gasteiger partial charge in [-0.2, -0.15) is 0 Å². The van der Waals surface area contributed by atoms with Gasteiger partial charge in [-0.05, 0) is 37.8 Å². The van der Waals surface area contributed by atoms with Gasteiger partial charge >= 0.3 is 0 Å². The normalized spacial score (nSPS) is 17.6. The summed E-state index contributed by atoms with van der Waals surface area (Å²) in [6, 6.07) is 3.41. The monoisotopic (exact) mass is 343 g/mol. The van der Waals surface area contributed by atoms with Crippen LogP contribution in [0.15, 0.2) is 23.1 Å². The van der Waals surface area contributed by atoms with E-state index < -0.39 is 0 Å². The van der Waals surface area contributed by atoms with E-state index >= 15 is 0 Å². The van der Waals surface area contributed by atoms with Crippen molar-refractivity contribution in [2.45, 2.75) is 32.4 Å². The van der Waals surface area contributed by atoms with E-state index in [1.165, 1.54) is 12.8 Å². The predicted molar refractivity (Wildman–Crippen MR) is 89.1 cm³/mol. The maximum atomic E-state index is 12.4.